The third kappa shape index (κ3) is 1.44. The van der Waals surface area contributed by atoms with Gasteiger partial charge in [0, 0.05) is 22.9 Å². The maximum absolute atomic E-state index is 11.4. The van der Waals surface area contributed by atoms with E-state index in [4.69, 9.17) is 0 Å². The van der Waals surface area contributed by atoms with Crippen molar-refractivity contribution in [3.05, 3.63) is 54.6 Å². The molecule has 0 fully saturated rings. The molecule has 1 aromatic heterocycles. The molecule has 0 saturated carbocycles. The highest BCUT2D eigenvalue weighted by molar-refractivity contribution is 5.90. The maximum Gasteiger partial charge on any atom is 0.600 e. The Morgan fingerprint density at radius 3 is 1.82 bits per heavy atom. The van der Waals surface area contributed by atoms with Crippen molar-refractivity contribution in [2.24, 2.45) is 0 Å². The molecule has 2 aromatic carbocycles. The van der Waals surface area contributed by atoms with Gasteiger partial charge in [-0.2, -0.15) is 4.79 Å². The summed E-state index contributed by atoms with van der Waals surface area (Å²) < 4.78 is 1.32. The lowest BCUT2D eigenvalue weighted by Crippen LogP contribution is -2.42. The van der Waals surface area contributed by atoms with Crippen LogP contribution in [0.4, 0.5) is 4.79 Å². The van der Waals surface area contributed by atoms with Gasteiger partial charge in [-0.05, 0) is 18.2 Å². The quantitative estimate of drug-likeness (QED) is 0.471. The van der Waals surface area contributed by atoms with Gasteiger partial charge in [-0.15, -0.1) is 0 Å². The average molecular weight is 224 g/mol. The summed E-state index contributed by atoms with van der Waals surface area (Å²) in [5.41, 5.74) is 1.41. The van der Waals surface area contributed by atoms with E-state index < -0.39 is 6.09 Å². The number of benzene rings is 2. The summed E-state index contributed by atoms with van der Waals surface area (Å²) in [6, 6.07) is 17.0. The summed E-state index contributed by atoms with van der Waals surface area (Å²) in [6.07, 6.45) is -0.960. The van der Waals surface area contributed by atoms with Gasteiger partial charge in [0.2, 0.25) is 11.0 Å². The van der Waals surface area contributed by atoms with E-state index in [1.165, 1.54) is 4.57 Å². The van der Waals surface area contributed by atoms with Crippen molar-refractivity contribution in [3.8, 4) is 0 Å². The van der Waals surface area contributed by atoms with Gasteiger partial charge >= 0.3 is 6.09 Å². The molecule has 0 unspecified atom stereocenters. The Morgan fingerprint density at radius 2 is 1.35 bits per heavy atom. The van der Waals surface area contributed by atoms with Crippen LogP contribution in [0, 0.1) is 0 Å². The van der Waals surface area contributed by atoms with Crippen LogP contribution in [0.25, 0.3) is 21.8 Å². The first-order valence-electron chi connectivity index (χ1n) is 5.33. The molecule has 0 spiro atoms. The smallest absolute Gasteiger partial charge is 0.427 e. The molecule has 0 saturated heterocycles. The fourth-order valence-corrected chi connectivity index (χ4v) is 2.13. The Bertz CT molecular complexity index is 680. The van der Waals surface area contributed by atoms with Crippen LogP contribution in [0.5, 0.6) is 0 Å². The van der Waals surface area contributed by atoms with Crippen molar-refractivity contribution >= 4 is 27.9 Å². The summed E-state index contributed by atoms with van der Waals surface area (Å²) in [4.78, 5) is 11.4. The zero-order chi connectivity index (χ0) is 11.8. The number of hydrogen-bond acceptors (Lipinski definition) is 1. The lowest BCUT2D eigenvalue weighted by Gasteiger charge is -2.00. The minimum atomic E-state index is -0.960. The molecule has 3 heteroatoms. The van der Waals surface area contributed by atoms with Crippen LogP contribution >= 0.6 is 0 Å². The first-order valence-corrected chi connectivity index (χ1v) is 5.33. The summed E-state index contributed by atoms with van der Waals surface area (Å²) in [6.45, 7) is 0. The lowest BCUT2D eigenvalue weighted by molar-refractivity contribution is -0.528. The van der Waals surface area contributed by atoms with E-state index in [-0.39, 0.29) is 0 Å². The van der Waals surface area contributed by atoms with Gasteiger partial charge in [0.15, 0.2) is 0 Å². The fraction of sp³-hybridized carbons (Fsp3) is 0. The monoisotopic (exact) mass is 224 g/mol. The van der Waals surface area contributed by atoms with Gasteiger partial charge < -0.3 is 5.11 Å². The summed E-state index contributed by atoms with van der Waals surface area (Å²) in [7, 11) is 0. The molecule has 3 nitrogen and oxygen atoms in total. The van der Waals surface area contributed by atoms with Crippen molar-refractivity contribution in [2.75, 3.05) is 0 Å². The molecule has 0 amide bonds. The number of carboxylic acid groups (broad SMARTS) is 1. The molecular formula is C14H10NO2+. The Hall–Kier alpha value is -2.42. The van der Waals surface area contributed by atoms with Gasteiger partial charge in [0.05, 0.1) is 0 Å². The Morgan fingerprint density at radius 1 is 0.882 bits per heavy atom. The largest absolute Gasteiger partial charge is 0.600 e. The lowest BCUT2D eigenvalue weighted by atomic mass is 10.1. The molecule has 1 heterocycles. The molecule has 0 atom stereocenters. The third-order valence-corrected chi connectivity index (χ3v) is 2.86. The van der Waals surface area contributed by atoms with Crippen molar-refractivity contribution in [3.63, 3.8) is 0 Å². The standard InChI is InChI=1S/C14H9NO2/c16-14(17)15-12-7-3-1-5-10(12)9-11-6-2-4-8-13(11)15/h1-9H/p+1. The van der Waals surface area contributed by atoms with E-state index >= 15 is 0 Å². The molecule has 1 N–H and O–H groups in total. The molecule has 3 aromatic rings. The highest BCUT2D eigenvalue weighted by Gasteiger charge is 2.21. The molecular weight excluding hydrogens is 214 g/mol. The maximum atomic E-state index is 11.4. The van der Waals surface area contributed by atoms with Gasteiger partial charge in [0.1, 0.15) is 0 Å². The van der Waals surface area contributed by atoms with Crippen molar-refractivity contribution in [1.82, 2.24) is 0 Å². The highest BCUT2D eigenvalue weighted by atomic mass is 16.4. The summed E-state index contributed by atoms with van der Waals surface area (Å²) >= 11 is 0. The van der Waals surface area contributed by atoms with Crippen LogP contribution in [-0.2, 0) is 0 Å². The predicted molar refractivity (Wildman–Crippen MR) is 65.1 cm³/mol. The Labute approximate surface area is 97.5 Å². The molecule has 82 valence electrons. The van der Waals surface area contributed by atoms with E-state index in [0.717, 1.165) is 10.8 Å². The number of pyridine rings is 1. The van der Waals surface area contributed by atoms with Crippen LogP contribution in [0.1, 0.15) is 0 Å². The second-order valence-electron chi connectivity index (χ2n) is 3.88. The second kappa shape index (κ2) is 3.56. The van der Waals surface area contributed by atoms with Crippen LogP contribution in [0.2, 0.25) is 0 Å². The number of para-hydroxylation sites is 2. The molecule has 17 heavy (non-hydrogen) atoms. The normalized spacial score (nSPS) is 10.8. The molecule has 0 bridgehead atoms. The highest BCUT2D eigenvalue weighted by Crippen LogP contribution is 2.17. The van der Waals surface area contributed by atoms with Crippen LogP contribution in [-0.4, -0.2) is 11.2 Å². The molecule has 0 aliphatic carbocycles. The van der Waals surface area contributed by atoms with Gasteiger partial charge in [-0.3, -0.25) is 0 Å². The van der Waals surface area contributed by atoms with Gasteiger partial charge in [-0.1, -0.05) is 28.8 Å². The number of carbonyl (C=O) groups is 1. The number of fused-ring (bicyclic) bond motifs is 2. The van der Waals surface area contributed by atoms with Crippen molar-refractivity contribution < 1.29 is 14.5 Å². The topological polar surface area (TPSA) is 41.2 Å². The van der Waals surface area contributed by atoms with E-state index in [1.54, 1.807) is 0 Å². The minimum absolute atomic E-state index is 0.707. The van der Waals surface area contributed by atoms with E-state index in [9.17, 15) is 9.90 Å². The Balaban J connectivity index is 2.61. The van der Waals surface area contributed by atoms with E-state index in [2.05, 4.69) is 0 Å². The van der Waals surface area contributed by atoms with E-state index in [0.29, 0.717) is 11.0 Å². The SMILES string of the molecule is O=C(O)[n+]1c2ccccc2cc2ccccc21. The number of rotatable bonds is 0. The fourth-order valence-electron chi connectivity index (χ4n) is 2.13. The average Bonchev–Trinajstić information content (AvgIpc) is 2.35. The van der Waals surface area contributed by atoms with Crippen LogP contribution in [0.3, 0.4) is 0 Å². The summed E-state index contributed by atoms with van der Waals surface area (Å²) in [5.74, 6) is 0. The molecule has 0 radical (unpaired) electrons. The van der Waals surface area contributed by atoms with Crippen LogP contribution in [0.15, 0.2) is 54.6 Å². The first-order chi connectivity index (χ1) is 8.27. The molecule has 3 rings (SSSR count). The first kappa shape index (κ1) is 9.78. The number of aromatic nitrogens is 1. The van der Waals surface area contributed by atoms with Gasteiger partial charge in [0.25, 0.3) is 0 Å². The number of nitrogens with zero attached hydrogens (tertiary/aromatic N) is 1. The summed E-state index contributed by atoms with van der Waals surface area (Å²) in [5, 5.41) is 11.2. The van der Waals surface area contributed by atoms with Crippen molar-refractivity contribution in [1.29, 1.82) is 0 Å². The second-order valence-corrected chi connectivity index (χ2v) is 3.88. The van der Waals surface area contributed by atoms with Crippen LogP contribution < -0.4 is 4.57 Å². The number of hydrogen-bond donors (Lipinski definition) is 1. The molecule has 0 aliphatic heterocycles. The van der Waals surface area contributed by atoms with E-state index in [1.807, 2.05) is 54.6 Å². The molecule has 0 aliphatic rings. The minimum Gasteiger partial charge on any atom is -0.427 e. The third-order valence-electron chi connectivity index (χ3n) is 2.86. The van der Waals surface area contributed by atoms with Crippen molar-refractivity contribution in [2.45, 2.75) is 0 Å². The Kier molecular flexibility index (Phi) is 2.05. The van der Waals surface area contributed by atoms with Gasteiger partial charge in [-0.25, -0.2) is 0 Å². The zero-order valence-corrected chi connectivity index (χ0v) is 9.00. The predicted octanol–water partition coefficient (Wildman–Crippen LogP) is 2.81. The zero-order valence-electron chi connectivity index (χ0n) is 9.00.